The van der Waals surface area contributed by atoms with Crippen LogP contribution in [0.2, 0.25) is 0 Å². The molecule has 3 rings (SSSR count). The third kappa shape index (κ3) is 1.06. The number of benzene rings is 1. The summed E-state index contributed by atoms with van der Waals surface area (Å²) in [4.78, 5) is 5.27. The van der Waals surface area contributed by atoms with Crippen molar-refractivity contribution < 1.29 is 0 Å². The van der Waals surface area contributed by atoms with Gasteiger partial charge < -0.3 is 0 Å². The number of hydrogen-bond donors (Lipinski definition) is 0. The van der Waals surface area contributed by atoms with Gasteiger partial charge in [0.15, 0.2) is 0 Å². The molecule has 2 nitrogen and oxygen atoms in total. The largest absolute Gasteiger partial charge is 0.289 e. The minimum atomic E-state index is 1.11. The first-order chi connectivity index (χ1) is 6.95. The predicted octanol–water partition coefficient (Wildman–Crippen LogP) is 2.86. The van der Waals surface area contributed by atoms with Crippen LogP contribution in [0.3, 0.4) is 0 Å². The van der Waals surface area contributed by atoms with Crippen molar-refractivity contribution in [2.75, 3.05) is 0 Å². The van der Waals surface area contributed by atoms with Crippen molar-refractivity contribution >= 4 is 16.2 Å². The maximum atomic E-state index is 4.11. The summed E-state index contributed by atoms with van der Waals surface area (Å²) in [5, 5.41) is 2.13. The fourth-order valence-electron chi connectivity index (χ4n) is 1.47. The van der Waals surface area contributed by atoms with Crippen LogP contribution in [-0.4, -0.2) is 9.38 Å². The summed E-state index contributed by atoms with van der Waals surface area (Å²) in [5.41, 5.74) is 2.26. The fourth-order valence-corrected chi connectivity index (χ4v) is 2.32. The molecule has 67 valence electrons. The van der Waals surface area contributed by atoms with Crippen LogP contribution in [0.4, 0.5) is 0 Å². The summed E-state index contributed by atoms with van der Waals surface area (Å²) in [6.07, 6.45) is 3.71. The summed E-state index contributed by atoms with van der Waals surface area (Å²) in [7, 11) is 0. The molecule has 0 aliphatic carbocycles. The lowest BCUT2D eigenvalue weighted by atomic mass is 10.2. The van der Waals surface area contributed by atoms with Gasteiger partial charge in [0.2, 0.25) is 0 Å². The minimum Gasteiger partial charge on any atom is -0.289 e. The van der Waals surface area contributed by atoms with Gasteiger partial charge in [-0.15, -0.1) is 11.3 Å². The monoisotopic (exact) mass is 199 g/mol. The fraction of sp³-hybridized carbons (Fsp3) is 0. The maximum Gasteiger partial charge on any atom is 0.119 e. The number of hydrogen-bond acceptors (Lipinski definition) is 2. The molecule has 1 aromatic carbocycles. The van der Waals surface area contributed by atoms with Gasteiger partial charge in [0.1, 0.15) is 11.2 Å². The van der Waals surface area contributed by atoms with E-state index < -0.39 is 0 Å². The van der Waals surface area contributed by atoms with E-state index in [2.05, 4.69) is 26.9 Å². The Bertz CT molecular complexity index is 551. The molecule has 3 aromatic rings. The number of nitrogens with zero attached hydrogens (tertiary/aromatic N) is 2. The van der Waals surface area contributed by atoms with Gasteiger partial charge in [0, 0.05) is 10.9 Å². The van der Waals surface area contributed by atoms with E-state index in [-0.39, 0.29) is 0 Å². The molecule has 0 N–H and O–H groups in total. The molecule has 14 heavy (non-hydrogen) atoms. The van der Waals surface area contributed by atoms with Crippen LogP contribution in [0, 0.1) is 6.07 Å². The Hall–Kier alpha value is -1.61. The topological polar surface area (TPSA) is 17.3 Å². The standard InChI is InChI=1S/C11H7N2S/c1-2-4-9(5-3-1)10-7-14-11-6-12-8-13(10)11/h1-4,6-8H. The van der Waals surface area contributed by atoms with Gasteiger partial charge in [-0.2, -0.15) is 0 Å². The van der Waals surface area contributed by atoms with E-state index in [1.807, 2.05) is 30.7 Å². The zero-order chi connectivity index (χ0) is 9.38. The molecule has 0 saturated carbocycles. The van der Waals surface area contributed by atoms with E-state index >= 15 is 0 Å². The Morgan fingerprint density at radius 3 is 3.21 bits per heavy atom. The highest BCUT2D eigenvalue weighted by molar-refractivity contribution is 7.15. The van der Waals surface area contributed by atoms with Gasteiger partial charge in [-0.1, -0.05) is 24.3 Å². The SMILES string of the molecule is [c]1ccccc1-c1csc2cncn12. The predicted molar refractivity (Wildman–Crippen MR) is 57.3 cm³/mol. The van der Waals surface area contributed by atoms with Gasteiger partial charge in [0.05, 0.1) is 11.9 Å². The first-order valence-electron chi connectivity index (χ1n) is 4.32. The average molecular weight is 199 g/mol. The third-order valence-electron chi connectivity index (χ3n) is 2.14. The van der Waals surface area contributed by atoms with Crippen LogP contribution in [0.1, 0.15) is 0 Å². The van der Waals surface area contributed by atoms with Crippen LogP contribution < -0.4 is 0 Å². The maximum absolute atomic E-state index is 4.11. The smallest absolute Gasteiger partial charge is 0.119 e. The molecule has 0 bridgehead atoms. The van der Waals surface area contributed by atoms with Gasteiger partial charge in [-0.3, -0.25) is 4.40 Å². The Kier molecular flexibility index (Phi) is 1.64. The molecule has 0 saturated heterocycles. The Morgan fingerprint density at radius 2 is 2.36 bits per heavy atom. The van der Waals surface area contributed by atoms with Gasteiger partial charge >= 0.3 is 0 Å². The minimum absolute atomic E-state index is 1.11. The number of aromatic nitrogens is 2. The number of fused-ring (bicyclic) bond motifs is 1. The normalized spacial score (nSPS) is 10.9. The first-order valence-corrected chi connectivity index (χ1v) is 5.20. The van der Waals surface area contributed by atoms with Crippen molar-refractivity contribution in [2.24, 2.45) is 0 Å². The lowest BCUT2D eigenvalue weighted by molar-refractivity contribution is 1.18. The molecule has 0 unspecified atom stereocenters. The van der Waals surface area contributed by atoms with Gasteiger partial charge in [-0.05, 0) is 6.07 Å². The van der Waals surface area contributed by atoms with Crippen molar-refractivity contribution in [3.63, 3.8) is 0 Å². The van der Waals surface area contributed by atoms with Crippen LogP contribution in [0.15, 0.2) is 42.2 Å². The van der Waals surface area contributed by atoms with E-state index in [0.717, 1.165) is 16.1 Å². The highest BCUT2D eigenvalue weighted by atomic mass is 32.1. The van der Waals surface area contributed by atoms with Crippen molar-refractivity contribution in [3.05, 3.63) is 48.2 Å². The molecular weight excluding hydrogens is 192 g/mol. The summed E-state index contributed by atoms with van der Waals surface area (Å²) < 4.78 is 2.08. The van der Waals surface area contributed by atoms with E-state index in [4.69, 9.17) is 0 Å². The van der Waals surface area contributed by atoms with Crippen LogP contribution in [0.5, 0.6) is 0 Å². The molecule has 0 atom stereocenters. The van der Waals surface area contributed by atoms with Crippen LogP contribution >= 0.6 is 11.3 Å². The molecule has 0 aliphatic rings. The summed E-state index contributed by atoms with van der Waals surface area (Å²) >= 11 is 1.70. The molecule has 2 heterocycles. The second kappa shape index (κ2) is 2.96. The highest BCUT2D eigenvalue weighted by Gasteiger charge is 2.04. The van der Waals surface area contributed by atoms with Crippen molar-refractivity contribution in [3.8, 4) is 11.3 Å². The van der Waals surface area contributed by atoms with Crippen LogP contribution in [-0.2, 0) is 0 Å². The molecular formula is C11H7N2S. The highest BCUT2D eigenvalue weighted by Crippen LogP contribution is 2.24. The molecule has 0 aliphatic heterocycles. The van der Waals surface area contributed by atoms with Crippen molar-refractivity contribution in [1.82, 2.24) is 9.38 Å². The van der Waals surface area contributed by atoms with Gasteiger partial charge in [-0.25, -0.2) is 4.98 Å². The lowest BCUT2D eigenvalue weighted by Crippen LogP contribution is -1.82. The molecule has 1 radical (unpaired) electrons. The Balaban J connectivity index is 2.28. The number of rotatable bonds is 1. The second-order valence-corrected chi connectivity index (χ2v) is 3.89. The second-order valence-electron chi connectivity index (χ2n) is 3.00. The first kappa shape index (κ1) is 7.76. The van der Waals surface area contributed by atoms with E-state index in [0.29, 0.717) is 0 Å². The lowest BCUT2D eigenvalue weighted by Gasteiger charge is -1.96. The van der Waals surface area contributed by atoms with E-state index in [1.54, 1.807) is 11.3 Å². The zero-order valence-electron chi connectivity index (χ0n) is 7.34. The number of thiazole rings is 1. The molecule has 0 fully saturated rings. The van der Waals surface area contributed by atoms with E-state index in [1.165, 1.54) is 0 Å². The summed E-state index contributed by atoms with van der Waals surface area (Å²) in [5.74, 6) is 0. The summed E-state index contributed by atoms with van der Waals surface area (Å²) in [6, 6.07) is 11.2. The summed E-state index contributed by atoms with van der Waals surface area (Å²) in [6.45, 7) is 0. The Morgan fingerprint density at radius 1 is 1.36 bits per heavy atom. The average Bonchev–Trinajstić information content (AvgIpc) is 2.79. The van der Waals surface area contributed by atoms with Crippen molar-refractivity contribution in [1.29, 1.82) is 0 Å². The Labute approximate surface area is 85.5 Å². The molecule has 0 spiro atoms. The molecule has 0 amide bonds. The van der Waals surface area contributed by atoms with Gasteiger partial charge in [0.25, 0.3) is 0 Å². The number of imidazole rings is 1. The van der Waals surface area contributed by atoms with Crippen molar-refractivity contribution in [2.45, 2.75) is 0 Å². The molecule has 2 aromatic heterocycles. The van der Waals surface area contributed by atoms with E-state index in [9.17, 15) is 0 Å². The quantitative estimate of drug-likeness (QED) is 0.589. The molecule has 3 heteroatoms. The van der Waals surface area contributed by atoms with Crippen LogP contribution in [0.25, 0.3) is 16.1 Å². The third-order valence-corrected chi connectivity index (χ3v) is 3.03. The zero-order valence-corrected chi connectivity index (χ0v) is 8.16.